The number of phenolic OH excluding ortho intramolecular Hbond substituents is 1. The van der Waals surface area contributed by atoms with Crippen LogP contribution in [-0.2, 0) is 9.68 Å². The highest BCUT2D eigenvalue weighted by molar-refractivity contribution is 5.79. The highest BCUT2D eigenvalue weighted by Gasteiger charge is 2.40. The van der Waals surface area contributed by atoms with Gasteiger partial charge in [-0.2, -0.15) is 0 Å². The van der Waals surface area contributed by atoms with Gasteiger partial charge in [0.15, 0.2) is 0 Å². The molecule has 0 bridgehead atoms. The van der Waals surface area contributed by atoms with Gasteiger partial charge in [-0.1, -0.05) is 62.8 Å². The van der Waals surface area contributed by atoms with E-state index in [-0.39, 0.29) is 24.2 Å². The molecule has 0 saturated heterocycles. The molecule has 2 aromatic rings. The van der Waals surface area contributed by atoms with Crippen molar-refractivity contribution in [2.75, 3.05) is 55.0 Å². The lowest BCUT2D eigenvalue weighted by molar-refractivity contribution is -0.231. The number of carboxylic acid groups (broad SMARTS) is 1. The third kappa shape index (κ3) is 13.9. The van der Waals surface area contributed by atoms with Gasteiger partial charge in [-0.25, -0.2) is 9.68 Å². The molecule has 0 spiro atoms. The quantitative estimate of drug-likeness (QED) is 0.107. The lowest BCUT2D eigenvalue weighted by Gasteiger charge is -2.40. The number of aliphatic carboxylic acids is 1. The molecule has 0 unspecified atom stereocenters. The smallest absolute Gasteiger partial charge is 0.328 e. The molecular formula is C37H58N2O8. The van der Waals surface area contributed by atoms with Crippen molar-refractivity contribution in [1.82, 2.24) is 9.80 Å². The van der Waals surface area contributed by atoms with Gasteiger partial charge < -0.3 is 35.0 Å². The fourth-order valence-corrected chi connectivity index (χ4v) is 6.66. The first kappa shape index (κ1) is 40.2. The first-order valence-corrected chi connectivity index (χ1v) is 16.7. The molecule has 2 fully saturated rings. The maximum Gasteiger partial charge on any atom is 0.328 e. The summed E-state index contributed by atoms with van der Waals surface area (Å²) in [5.41, 5.74) is 1.18. The number of aliphatic hydroxyl groups is 2. The van der Waals surface area contributed by atoms with Gasteiger partial charge in [0.05, 0.1) is 18.3 Å². The molecule has 0 heterocycles. The first-order chi connectivity index (χ1) is 22.3. The Balaban J connectivity index is 0.000000267. The Bertz CT molecular complexity index is 1170. The van der Waals surface area contributed by atoms with E-state index in [4.69, 9.17) is 15.1 Å². The third-order valence-corrected chi connectivity index (χ3v) is 9.08. The summed E-state index contributed by atoms with van der Waals surface area (Å²) in [6, 6.07) is 15.5. The summed E-state index contributed by atoms with van der Waals surface area (Å²) in [6.45, 7) is 1.62. The molecule has 4 rings (SSSR count). The standard InChI is InChI=1S/C17H27NO2.C16H25NO2.C4H6O4/c1-18(2)13-16(17(19)11-5-4-6-12-17)14-7-9-15(20-3)10-8-14;1-17(2)12-15(13-6-8-14(18)9-7-13)16(19)10-4-3-5-11-16;5-4(6)2-1-3-8-7/h7-10,16,19H,4-6,11-13H2,1-3H3;6-9,15,18-19H,3-5,10-12H2,1-2H3;1-2,7H,3H2,(H,5,6)/b;;2-1+/t16-;15-;/m00./s1. The molecule has 2 aromatic carbocycles. The first-order valence-electron chi connectivity index (χ1n) is 16.7. The summed E-state index contributed by atoms with van der Waals surface area (Å²) < 4.78 is 5.23. The Morgan fingerprint density at radius 1 is 0.766 bits per heavy atom. The highest BCUT2D eigenvalue weighted by Crippen LogP contribution is 2.41. The molecule has 2 aliphatic rings. The molecule has 2 atom stereocenters. The molecular weight excluding hydrogens is 600 g/mol. The fraction of sp³-hybridized carbons (Fsp3) is 0.595. The SMILES string of the molecule is CN(C)C[C@@H](c1ccc(O)cc1)C1(O)CCCCC1.COc1ccc([C@H](CN(C)C)C2(O)CCCCC2)cc1.O=C(O)/C=C/COO. The van der Waals surface area contributed by atoms with Gasteiger partial charge in [-0.15, -0.1) is 0 Å². The van der Waals surface area contributed by atoms with Crippen LogP contribution in [0.2, 0.25) is 0 Å². The van der Waals surface area contributed by atoms with Crippen LogP contribution in [0.3, 0.4) is 0 Å². The van der Waals surface area contributed by atoms with Crippen molar-refractivity contribution in [3.8, 4) is 11.5 Å². The summed E-state index contributed by atoms with van der Waals surface area (Å²) >= 11 is 0. The van der Waals surface area contributed by atoms with Crippen LogP contribution in [0.4, 0.5) is 0 Å². The molecule has 0 aromatic heterocycles. The van der Waals surface area contributed by atoms with Crippen molar-refractivity contribution >= 4 is 5.97 Å². The van der Waals surface area contributed by atoms with Crippen LogP contribution in [0, 0.1) is 0 Å². The number of carboxylic acids is 1. The summed E-state index contributed by atoms with van der Waals surface area (Å²) in [5, 5.41) is 47.1. The van der Waals surface area contributed by atoms with Gasteiger partial charge in [0.25, 0.3) is 0 Å². The van der Waals surface area contributed by atoms with Crippen molar-refractivity contribution in [3.05, 3.63) is 71.8 Å². The van der Waals surface area contributed by atoms with Crippen molar-refractivity contribution in [3.63, 3.8) is 0 Å². The van der Waals surface area contributed by atoms with Gasteiger partial charge in [0.1, 0.15) is 18.1 Å². The molecule has 264 valence electrons. The van der Waals surface area contributed by atoms with Gasteiger partial charge in [-0.3, -0.25) is 5.26 Å². The molecule has 2 saturated carbocycles. The number of hydrogen-bond donors (Lipinski definition) is 5. The van der Waals surface area contributed by atoms with E-state index >= 15 is 0 Å². The maximum atomic E-state index is 11.1. The van der Waals surface area contributed by atoms with E-state index in [1.54, 1.807) is 19.2 Å². The predicted octanol–water partition coefficient (Wildman–Crippen LogP) is 5.89. The number of hydrogen-bond acceptors (Lipinski definition) is 9. The second kappa shape index (κ2) is 20.4. The van der Waals surface area contributed by atoms with Gasteiger partial charge >= 0.3 is 5.97 Å². The number of rotatable bonds is 12. The zero-order chi connectivity index (χ0) is 34.9. The van der Waals surface area contributed by atoms with Crippen molar-refractivity contribution < 1.29 is 40.1 Å². The molecule has 10 nitrogen and oxygen atoms in total. The van der Waals surface area contributed by atoms with Gasteiger partial charge in [-0.05, 0) is 95.3 Å². The number of carbonyl (C=O) groups is 1. The number of phenols is 1. The summed E-state index contributed by atoms with van der Waals surface area (Å²) in [6.07, 6.45) is 12.6. The fourth-order valence-electron chi connectivity index (χ4n) is 6.66. The molecule has 2 aliphatic carbocycles. The number of nitrogens with zero attached hydrogens (tertiary/aromatic N) is 2. The van der Waals surface area contributed by atoms with E-state index in [2.05, 4.69) is 40.9 Å². The predicted molar refractivity (Wildman–Crippen MR) is 185 cm³/mol. The van der Waals surface area contributed by atoms with Crippen LogP contribution in [0.1, 0.15) is 87.2 Å². The lowest BCUT2D eigenvalue weighted by atomic mass is 9.72. The van der Waals surface area contributed by atoms with Crippen molar-refractivity contribution in [2.45, 2.75) is 87.2 Å². The molecule has 0 amide bonds. The molecule has 47 heavy (non-hydrogen) atoms. The van der Waals surface area contributed by atoms with Crippen LogP contribution >= 0.6 is 0 Å². The van der Waals surface area contributed by atoms with Gasteiger partial charge in [0, 0.05) is 31.0 Å². The second-order valence-electron chi connectivity index (χ2n) is 13.4. The second-order valence-corrected chi connectivity index (χ2v) is 13.4. The Morgan fingerprint density at radius 3 is 1.51 bits per heavy atom. The lowest BCUT2D eigenvalue weighted by Crippen LogP contribution is -2.42. The Morgan fingerprint density at radius 2 is 1.17 bits per heavy atom. The molecule has 5 N–H and O–H groups in total. The Labute approximate surface area is 281 Å². The number of likely N-dealkylation sites (N-methyl/N-ethyl adjacent to an activating group) is 2. The minimum absolute atomic E-state index is 0.0910. The minimum atomic E-state index is -1.05. The summed E-state index contributed by atoms with van der Waals surface area (Å²) in [7, 11) is 9.91. The van der Waals surface area contributed by atoms with E-state index in [1.807, 2.05) is 38.4 Å². The number of aromatic hydroxyl groups is 1. The number of ether oxygens (including phenoxy) is 1. The third-order valence-electron chi connectivity index (χ3n) is 9.08. The largest absolute Gasteiger partial charge is 0.508 e. The van der Waals surface area contributed by atoms with Crippen LogP contribution in [0.5, 0.6) is 11.5 Å². The van der Waals surface area contributed by atoms with Crippen LogP contribution in [0.15, 0.2) is 60.7 Å². The number of methoxy groups -OCH3 is 1. The number of benzene rings is 2. The van der Waals surface area contributed by atoms with E-state index < -0.39 is 17.2 Å². The summed E-state index contributed by atoms with van der Waals surface area (Å²) in [5.74, 6) is 0.380. The zero-order valence-corrected chi connectivity index (χ0v) is 29.0. The van der Waals surface area contributed by atoms with Crippen LogP contribution in [-0.4, -0.2) is 108 Å². The summed E-state index contributed by atoms with van der Waals surface area (Å²) in [4.78, 5) is 17.5. The van der Waals surface area contributed by atoms with Crippen LogP contribution in [0.25, 0.3) is 0 Å². The van der Waals surface area contributed by atoms with E-state index in [1.165, 1.54) is 24.5 Å². The average Bonchev–Trinajstić information content (AvgIpc) is 3.04. The van der Waals surface area contributed by atoms with E-state index in [0.717, 1.165) is 81.8 Å². The van der Waals surface area contributed by atoms with Crippen LogP contribution < -0.4 is 4.74 Å². The molecule has 10 heteroatoms. The monoisotopic (exact) mass is 658 g/mol. The highest BCUT2D eigenvalue weighted by atomic mass is 17.1. The van der Waals surface area contributed by atoms with Crippen molar-refractivity contribution in [2.24, 2.45) is 0 Å². The van der Waals surface area contributed by atoms with E-state index in [0.29, 0.717) is 0 Å². The Kier molecular flexibility index (Phi) is 17.4. The van der Waals surface area contributed by atoms with E-state index in [9.17, 15) is 20.1 Å². The van der Waals surface area contributed by atoms with Crippen molar-refractivity contribution in [1.29, 1.82) is 0 Å². The van der Waals surface area contributed by atoms with Gasteiger partial charge in [0.2, 0.25) is 0 Å². The zero-order valence-electron chi connectivity index (χ0n) is 29.0. The Hall–Kier alpha value is -2.99. The topological polar surface area (TPSA) is 143 Å². The minimum Gasteiger partial charge on any atom is -0.508 e. The average molecular weight is 659 g/mol. The maximum absolute atomic E-state index is 11.1. The normalized spacial score (nSPS) is 18.4. The molecule has 0 radical (unpaired) electrons. The molecule has 0 aliphatic heterocycles.